The Kier molecular flexibility index (Phi) is 2.69. The molecule has 1 N–H and O–H groups in total. The highest BCUT2D eigenvalue weighted by molar-refractivity contribution is 5.84. The SMILES string of the molecule is CC1(C)CCC(n2cc(C(=O)O)nn2)CC1. The standard InChI is InChI=1S/C11H17N3O2/c1-11(2)5-3-8(4-6-11)14-7-9(10(15)16)12-13-14/h7-8H,3-6H2,1-2H3,(H,15,16). The molecule has 5 heteroatoms. The van der Waals surface area contributed by atoms with Crippen LogP contribution in [0.15, 0.2) is 6.20 Å². The minimum absolute atomic E-state index is 0.0323. The summed E-state index contributed by atoms with van der Waals surface area (Å²) in [6.07, 6.45) is 5.94. The smallest absolute Gasteiger partial charge is 0.358 e. The van der Waals surface area contributed by atoms with Crippen LogP contribution in [0, 0.1) is 5.41 Å². The minimum atomic E-state index is -1.01. The van der Waals surface area contributed by atoms with Crippen molar-refractivity contribution in [2.75, 3.05) is 0 Å². The maximum Gasteiger partial charge on any atom is 0.358 e. The first kappa shape index (κ1) is 11.1. The fourth-order valence-corrected chi connectivity index (χ4v) is 2.20. The van der Waals surface area contributed by atoms with Gasteiger partial charge in [-0.2, -0.15) is 0 Å². The van der Waals surface area contributed by atoms with Crippen molar-refractivity contribution >= 4 is 5.97 Å². The van der Waals surface area contributed by atoms with Gasteiger partial charge >= 0.3 is 5.97 Å². The van der Waals surface area contributed by atoms with Crippen LogP contribution >= 0.6 is 0 Å². The summed E-state index contributed by atoms with van der Waals surface area (Å²) >= 11 is 0. The summed E-state index contributed by atoms with van der Waals surface area (Å²) in [6, 6.07) is 0.314. The number of hydrogen-bond acceptors (Lipinski definition) is 3. The third-order valence-electron chi connectivity index (χ3n) is 3.41. The molecule has 88 valence electrons. The van der Waals surface area contributed by atoms with E-state index in [0.717, 1.165) is 25.7 Å². The highest BCUT2D eigenvalue weighted by Crippen LogP contribution is 2.39. The second-order valence-electron chi connectivity index (χ2n) is 5.28. The predicted octanol–water partition coefficient (Wildman–Crippen LogP) is 2.12. The van der Waals surface area contributed by atoms with E-state index in [1.807, 2.05) is 0 Å². The number of rotatable bonds is 2. The molecule has 1 fully saturated rings. The molecule has 0 unspecified atom stereocenters. The first-order valence-corrected chi connectivity index (χ1v) is 5.63. The number of aromatic carboxylic acids is 1. The summed E-state index contributed by atoms with van der Waals surface area (Å²) in [7, 11) is 0. The third-order valence-corrected chi connectivity index (χ3v) is 3.41. The number of carboxylic acids is 1. The van der Waals surface area contributed by atoms with E-state index in [1.165, 1.54) is 6.20 Å². The Morgan fingerprint density at radius 2 is 2.12 bits per heavy atom. The molecule has 1 aromatic heterocycles. The van der Waals surface area contributed by atoms with Crippen LogP contribution in [0.25, 0.3) is 0 Å². The molecule has 0 amide bonds. The summed E-state index contributed by atoms with van der Waals surface area (Å²) in [6.45, 7) is 4.54. The van der Waals surface area contributed by atoms with Gasteiger partial charge in [-0.05, 0) is 31.1 Å². The summed E-state index contributed by atoms with van der Waals surface area (Å²) in [5.41, 5.74) is 0.442. The van der Waals surface area contributed by atoms with Crippen LogP contribution in [0.4, 0.5) is 0 Å². The van der Waals surface area contributed by atoms with Crippen LogP contribution in [0.2, 0.25) is 0 Å². The normalized spacial score (nSPS) is 20.9. The molecule has 0 aliphatic heterocycles. The highest BCUT2D eigenvalue weighted by atomic mass is 16.4. The molecule has 1 aromatic rings. The van der Waals surface area contributed by atoms with Gasteiger partial charge in [-0.1, -0.05) is 19.1 Å². The number of hydrogen-bond donors (Lipinski definition) is 1. The number of carboxylic acid groups (broad SMARTS) is 1. The molecule has 0 spiro atoms. The average molecular weight is 223 g/mol. The van der Waals surface area contributed by atoms with Crippen LogP contribution in [0.1, 0.15) is 56.1 Å². The lowest BCUT2D eigenvalue weighted by atomic mass is 9.76. The zero-order chi connectivity index (χ0) is 11.8. The Balaban J connectivity index is 2.05. The van der Waals surface area contributed by atoms with Gasteiger partial charge < -0.3 is 5.11 Å². The van der Waals surface area contributed by atoms with E-state index in [4.69, 9.17) is 5.11 Å². The summed E-state index contributed by atoms with van der Waals surface area (Å²) in [4.78, 5) is 10.7. The van der Waals surface area contributed by atoms with Gasteiger partial charge in [0, 0.05) is 0 Å². The molecule has 0 radical (unpaired) electrons. The van der Waals surface area contributed by atoms with Crippen molar-refractivity contribution in [3.8, 4) is 0 Å². The van der Waals surface area contributed by atoms with E-state index in [1.54, 1.807) is 4.68 Å². The Bertz CT molecular complexity index is 388. The molecule has 1 aliphatic carbocycles. The molecule has 16 heavy (non-hydrogen) atoms. The fraction of sp³-hybridized carbons (Fsp3) is 0.727. The van der Waals surface area contributed by atoms with Gasteiger partial charge in [0.15, 0.2) is 5.69 Å². The average Bonchev–Trinajstić information content (AvgIpc) is 2.66. The zero-order valence-corrected chi connectivity index (χ0v) is 9.68. The topological polar surface area (TPSA) is 68.0 Å². The largest absolute Gasteiger partial charge is 0.476 e. The number of aromatic nitrogens is 3. The molecule has 0 saturated heterocycles. The van der Waals surface area contributed by atoms with Gasteiger partial charge in [0.2, 0.25) is 0 Å². The molecule has 5 nitrogen and oxygen atoms in total. The molecule has 1 saturated carbocycles. The number of carbonyl (C=O) groups is 1. The van der Waals surface area contributed by atoms with Gasteiger partial charge in [-0.15, -0.1) is 5.10 Å². The second-order valence-corrected chi connectivity index (χ2v) is 5.28. The van der Waals surface area contributed by atoms with Crippen LogP contribution in [-0.4, -0.2) is 26.1 Å². The van der Waals surface area contributed by atoms with Crippen LogP contribution in [0.5, 0.6) is 0 Å². The second kappa shape index (κ2) is 3.88. The quantitative estimate of drug-likeness (QED) is 0.833. The minimum Gasteiger partial charge on any atom is -0.476 e. The Hall–Kier alpha value is -1.39. The highest BCUT2D eigenvalue weighted by Gasteiger charge is 2.28. The van der Waals surface area contributed by atoms with E-state index in [2.05, 4.69) is 24.2 Å². The number of nitrogens with zero attached hydrogens (tertiary/aromatic N) is 3. The molecule has 2 rings (SSSR count). The summed E-state index contributed by atoms with van der Waals surface area (Å²) in [5.74, 6) is -1.01. The monoisotopic (exact) mass is 223 g/mol. The molecule has 1 heterocycles. The molecular weight excluding hydrogens is 206 g/mol. The van der Waals surface area contributed by atoms with E-state index in [-0.39, 0.29) is 5.69 Å². The maximum atomic E-state index is 10.7. The Morgan fingerprint density at radius 1 is 1.50 bits per heavy atom. The zero-order valence-electron chi connectivity index (χ0n) is 9.68. The van der Waals surface area contributed by atoms with Crippen LogP contribution < -0.4 is 0 Å². The summed E-state index contributed by atoms with van der Waals surface area (Å²) < 4.78 is 1.71. The van der Waals surface area contributed by atoms with E-state index >= 15 is 0 Å². The Labute approximate surface area is 94.5 Å². The Morgan fingerprint density at radius 3 is 2.62 bits per heavy atom. The first-order valence-electron chi connectivity index (χ1n) is 5.63. The van der Waals surface area contributed by atoms with E-state index in [0.29, 0.717) is 11.5 Å². The van der Waals surface area contributed by atoms with Crippen molar-refractivity contribution in [1.29, 1.82) is 0 Å². The molecule has 0 atom stereocenters. The van der Waals surface area contributed by atoms with Crippen LogP contribution in [0.3, 0.4) is 0 Å². The summed E-state index contributed by atoms with van der Waals surface area (Å²) in [5, 5.41) is 16.3. The van der Waals surface area contributed by atoms with Gasteiger partial charge in [0.1, 0.15) is 0 Å². The third kappa shape index (κ3) is 2.23. The van der Waals surface area contributed by atoms with Crippen molar-refractivity contribution in [3.63, 3.8) is 0 Å². The lowest BCUT2D eigenvalue weighted by Crippen LogP contribution is -2.23. The van der Waals surface area contributed by atoms with E-state index < -0.39 is 5.97 Å². The first-order chi connectivity index (χ1) is 7.48. The predicted molar refractivity (Wildman–Crippen MR) is 58.3 cm³/mol. The van der Waals surface area contributed by atoms with Crippen molar-refractivity contribution in [2.45, 2.75) is 45.6 Å². The van der Waals surface area contributed by atoms with Crippen molar-refractivity contribution < 1.29 is 9.90 Å². The molecule has 0 bridgehead atoms. The van der Waals surface area contributed by atoms with Gasteiger partial charge in [-0.3, -0.25) is 0 Å². The van der Waals surface area contributed by atoms with Crippen molar-refractivity contribution in [1.82, 2.24) is 15.0 Å². The maximum absolute atomic E-state index is 10.7. The molecular formula is C11H17N3O2. The van der Waals surface area contributed by atoms with Gasteiger partial charge in [-0.25, -0.2) is 9.48 Å². The van der Waals surface area contributed by atoms with Gasteiger partial charge in [0.05, 0.1) is 12.2 Å². The van der Waals surface area contributed by atoms with E-state index in [9.17, 15) is 4.79 Å². The van der Waals surface area contributed by atoms with Crippen molar-refractivity contribution in [3.05, 3.63) is 11.9 Å². The van der Waals surface area contributed by atoms with Crippen LogP contribution in [-0.2, 0) is 0 Å². The fourth-order valence-electron chi connectivity index (χ4n) is 2.20. The lowest BCUT2D eigenvalue weighted by Gasteiger charge is -2.33. The molecule has 0 aromatic carbocycles. The van der Waals surface area contributed by atoms with Crippen molar-refractivity contribution in [2.24, 2.45) is 5.41 Å². The van der Waals surface area contributed by atoms with Gasteiger partial charge in [0.25, 0.3) is 0 Å². The lowest BCUT2D eigenvalue weighted by molar-refractivity contribution is 0.0690. The molecule has 1 aliphatic rings.